The van der Waals surface area contributed by atoms with Crippen LogP contribution in [0.15, 0.2) is 12.1 Å². The van der Waals surface area contributed by atoms with Crippen LogP contribution in [0.5, 0.6) is 0 Å². The molecule has 0 aliphatic heterocycles. The molecule has 4 heteroatoms. The van der Waals surface area contributed by atoms with Crippen molar-refractivity contribution in [3.05, 3.63) is 34.9 Å². The van der Waals surface area contributed by atoms with Crippen LogP contribution in [-0.4, -0.2) is 0 Å². The average Bonchev–Trinajstić information content (AvgIpc) is 1.96. The molecule has 12 heavy (non-hydrogen) atoms. The van der Waals surface area contributed by atoms with E-state index in [1.165, 1.54) is 6.92 Å². The fourth-order valence-corrected chi connectivity index (χ4v) is 0.910. The number of aryl methyl sites for hydroxylation is 1. The van der Waals surface area contributed by atoms with E-state index in [9.17, 15) is 17.6 Å². The summed E-state index contributed by atoms with van der Waals surface area (Å²) in [5, 5.41) is 0. The number of halogens is 4. The maximum atomic E-state index is 12.6. The van der Waals surface area contributed by atoms with Crippen molar-refractivity contribution in [2.45, 2.75) is 13.3 Å². The average molecular weight is 178 g/mol. The highest BCUT2D eigenvalue weighted by molar-refractivity contribution is 5.26. The summed E-state index contributed by atoms with van der Waals surface area (Å²) in [7, 11) is 0. The minimum atomic E-state index is -2.97. The van der Waals surface area contributed by atoms with Gasteiger partial charge in [-0.15, -0.1) is 0 Å². The predicted octanol–water partition coefficient (Wildman–Crippen LogP) is 3.21. The maximum Gasteiger partial charge on any atom is 0.266 e. The lowest BCUT2D eigenvalue weighted by Crippen LogP contribution is -1.95. The summed E-state index contributed by atoms with van der Waals surface area (Å²) in [5.41, 5.74) is -0.600. The Morgan fingerprint density at radius 2 is 1.75 bits per heavy atom. The topological polar surface area (TPSA) is 0 Å². The molecule has 0 bridgehead atoms. The number of hydrogen-bond donors (Lipinski definition) is 0. The lowest BCUT2D eigenvalue weighted by atomic mass is 10.1. The molecule has 1 aromatic rings. The van der Waals surface area contributed by atoms with Gasteiger partial charge >= 0.3 is 0 Å². The van der Waals surface area contributed by atoms with E-state index in [1.807, 2.05) is 0 Å². The minimum absolute atomic E-state index is 0.282. The molecule has 0 unspecified atom stereocenters. The van der Waals surface area contributed by atoms with Crippen molar-refractivity contribution in [1.29, 1.82) is 0 Å². The molecule has 0 fully saturated rings. The molecular weight excluding hydrogens is 172 g/mol. The Kier molecular flexibility index (Phi) is 2.35. The van der Waals surface area contributed by atoms with Crippen LogP contribution in [0.4, 0.5) is 17.6 Å². The van der Waals surface area contributed by atoms with Crippen LogP contribution in [0.2, 0.25) is 0 Å². The van der Waals surface area contributed by atoms with Crippen molar-refractivity contribution in [1.82, 2.24) is 0 Å². The van der Waals surface area contributed by atoms with Gasteiger partial charge in [0.05, 0.1) is 5.56 Å². The summed E-state index contributed by atoms with van der Waals surface area (Å²) in [5.74, 6) is -2.69. The van der Waals surface area contributed by atoms with Gasteiger partial charge in [0.2, 0.25) is 0 Å². The van der Waals surface area contributed by atoms with Gasteiger partial charge in [-0.2, -0.15) is 0 Å². The van der Waals surface area contributed by atoms with Gasteiger partial charge < -0.3 is 0 Å². The van der Waals surface area contributed by atoms with Gasteiger partial charge in [-0.25, -0.2) is 17.6 Å². The molecule has 0 aliphatic carbocycles. The smallest absolute Gasteiger partial charge is 0.205 e. The Balaban J connectivity index is 3.28. The van der Waals surface area contributed by atoms with Crippen LogP contribution in [0.3, 0.4) is 0 Å². The number of rotatable bonds is 1. The molecule has 0 spiro atoms. The van der Waals surface area contributed by atoms with Crippen LogP contribution in [0.25, 0.3) is 0 Å². The zero-order valence-corrected chi connectivity index (χ0v) is 6.24. The number of benzene rings is 1. The Labute approximate surface area is 66.8 Å². The van der Waals surface area contributed by atoms with Crippen molar-refractivity contribution in [2.24, 2.45) is 0 Å². The molecule has 0 N–H and O–H groups in total. The Hall–Kier alpha value is -1.06. The highest BCUT2D eigenvalue weighted by atomic mass is 19.3. The minimum Gasteiger partial charge on any atom is -0.205 e. The number of hydrogen-bond acceptors (Lipinski definition) is 0. The van der Waals surface area contributed by atoms with E-state index in [1.54, 1.807) is 0 Å². The molecule has 0 amide bonds. The van der Waals surface area contributed by atoms with Gasteiger partial charge in [-0.3, -0.25) is 0 Å². The van der Waals surface area contributed by atoms with Gasteiger partial charge in [0.15, 0.2) is 11.6 Å². The predicted molar refractivity (Wildman–Crippen MR) is 36.1 cm³/mol. The summed E-state index contributed by atoms with van der Waals surface area (Å²) in [6.07, 6.45) is -2.97. The molecule has 1 aromatic carbocycles. The molecule has 0 aromatic heterocycles. The zero-order valence-electron chi connectivity index (χ0n) is 6.24. The lowest BCUT2D eigenvalue weighted by Gasteiger charge is -2.03. The van der Waals surface area contributed by atoms with Crippen molar-refractivity contribution >= 4 is 0 Å². The molecule has 0 saturated heterocycles. The maximum absolute atomic E-state index is 12.6. The molecule has 0 heterocycles. The molecule has 0 nitrogen and oxygen atoms in total. The van der Waals surface area contributed by atoms with E-state index in [2.05, 4.69) is 0 Å². The van der Waals surface area contributed by atoms with Gasteiger partial charge in [0.1, 0.15) is 0 Å². The third-order valence-corrected chi connectivity index (χ3v) is 1.44. The van der Waals surface area contributed by atoms with E-state index in [0.29, 0.717) is 0 Å². The second-order valence-corrected chi connectivity index (χ2v) is 2.45. The summed E-state index contributed by atoms with van der Waals surface area (Å²) in [6.45, 7) is 1.42. The normalized spacial score (nSPS) is 10.8. The number of alkyl halides is 2. The van der Waals surface area contributed by atoms with Crippen molar-refractivity contribution in [3.8, 4) is 0 Å². The van der Waals surface area contributed by atoms with E-state index in [4.69, 9.17) is 0 Å². The second-order valence-electron chi connectivity index (χ2n) is 2.45. The molecule has 66 valence electrons. The highest BCUT2D eigenvalue weighted by Gasteiger charge is 2.16. The third kappa shape index (κ3) is 1.57. The van der Waals surface area contributed by atoms with E-state index >= 15 is 0 Å². The highest BCUT2D eigenvalue weighted by Crippen LogP contribution is 2.24. The van der Waals surface area contributed by atoms with Crippen molar-refractivity contribution in [3.63, 3.8) is 0 Å². The summed E-state index contributed by atoms with van der Waals surface area (Å²) < 4.78 is 49.0. The SMILES string of the molecule is Cc1cc(F)c(F)c(C(F)F)c1. The largest absolute Gasteiger partial charge is 0.266 e. The molecule has 0 atom stereocenters. The Bertz CT molecular complexity index is 293. The van der Waals surface area contributed by atoms with Crippen molar-refractivity contribution in [2.75, 3.05) is 0 Å². The van der Waals surface area contributed by atoms with Crippen LogP contribution in [-0.2, 0) is 0 Å². The standard InChI is InChI=1S/C8H6F4/c1-4-2-5(8(11)12)7(10)6(9)3-4/h2-3,8H,1H3. The molecule has 1 rings (SSSR count). The van der Waals surface area contributed by atoms with Crippen molar-refractivity contribution < 1.29 is 17.6 Å². The summed E-state index contributed by atoms with van der Waals surface area (Å²) in [4.78, 5) is 0. The van der Waals surface area contributed by atoms with Gasteiger partial charge in [0, 0.05) is 0 Å². The monoisotopic (exact) mass is 178 g/mol. The second kappa shape index (κ2) is 3.13. The van der Waals surface area contributed by atoms with Gasteiger partial charge in [-0.1, -0.05) is 0 Å². The van der Waals surface area contributed by atoms with Crippen LogP contribution in [0.1, 0.15) is 17.6 Å². The summed E-state index contributed by atoms with van der Waals surface area (Å²) in [6, 6.07) is 1.81. The first kappa shape index (κ1) is 9.03. The summed E-state index contributed by atoms with van der Waals surface area (Å²) >= 11 is 0. The first-order chi connectivity index (χ1) is 5.52. The quantitative estimate of drug-likeness (QED) is 0.579. The van der Waals surface area contributed by atoms with E-state index < -0.39 is 23.6 Å². The molecule has 0 aliphatic rings. The van der Waals surface area contributed by atoms with Crippen LogP contribution < -0.4 is 0 Å². The van der Waals surface area contributed by atoms with Crippen LogP contribution in [0, 0.1) is 18.6 Å². The fourth-order valence-electron chi connectivity index (χ4n) is 0.910. The molecule has 0 radical (unpaired) electrons. The Morgan fingerprint density at radius 1 is 1.17 bits per heavy atom. The van der Waals surface area contributed by atoms with Crippen LogP contribution >= 0.6 is 0 Å². The van der Waals surface area contributed by atoms with E-state index in [0.717, 1.165) is 12.1 Å². The van der Waals surface area contributed by atoms with Gasteiger partial charge in [0.25, 0.3) is 6.43 Å². The third-order valence-electron chi connectivity index (χ3n) is 1.44. The zero-order chi connectivity index (χ0) is 9.30. The Morgan fingerprint density at radius 3 is 2.25 bits per heavy atom. The first-order valence-electron chi connectivity index (χ1n) is 3.26. The first-order valence-corrected chi connectivity index (χ1v) is 3.26. The lowest BCUT2D eigenvalue weighted by molar-refractivity contribution is 0.145. The van der Waals surface area contributed by atoms with Gasteiger partial charge in [-0.05, 0) is 24.6 Å². The van der Waals surface area contributed by atoms with E-state index in [-0.39, 0.29) is 5.56 Å². The fraction of sp³-hybridized carbons (Fsp3) is 0.250. The molecular formula is C8H6F4. The molecule has 0 saturated carbocycles.